The van der Waals surface area contributed by atoms with Gasteiger partial charge in [0, 0.05) is 33.0 Å². The van der Waals surface area contributed by atoms with Crippen molar-refractivity contribution in [2.75, 3.05) is 37.5 Å². The van der Waals surface area contributed by atoms with Gasteiger partial charge in [-0.2, -0.15) is 0 Å². The number of aliphatic hydroxyl groups is 1. The standard InChI is InChI=1S/C10H15N5O/c1-11-8-7-15-4-3-12-9(15)10(13-8)14(2)5-6-16/h3-4,7,11,16H,5-6H2,1-2H3. The minimum absolute atomic E-state index is 0.0921. The molecule has 0 aliphatic rings. The number of rotatable bonds is 4. The number of nitrogens with zero attached hydrogens (tertiary/aromatic N) is 4. The number of nitrogens with one attached hydrogen (secondary N) is 1. The van der Waals surface area contributed by atoms with Crippen molar-refractivity contribution in [1.29, 1.82) is 0 Å². The van der Waals surface area contributed by atoms with Crippen LogP contribution in [0.1, 0.15) is 0 Å². The first-order chi connectivity index (χ1) is 7.76. The molecule has 86 valence electrons. The summed E-state index contributed by atoms with van der Waals surface area (Å²) in [7, 11) is 3.70. The second kappa shape index (κ2) is 4.36. The molecule has 0 aromatic carbocycles. The van der Waals surface area contributed by atoms with Crippen LogP contribution in [0.15, 0.2) is 18.6 Å². The molecule has 16 heavy (non-hydrogen) atoms. The van der Waals surface area contributed by atoms with Crippen LogP contribution in [0.25, 0.3) is 5.65 Å². The summed E-state index contributed by atoms with van der Waals surface area (Å²) in [4.78, 5) is 10.6. The maximum Gasteiger partial charge on any atom is 0.180 e. The third-order valence-electron chi connectivity index (χ3n) is 2.41. The minimum Gasteiger partial charge on any atom is -0.395 e. The van der Waals surface area contributed by atoms with Gasteiger partial charge in [-0.15, -0.1) is 0 Å². The highest BCUT2D eigenvalue weighted by atomic mass is 16.3. The lowest BCUT2D eigenvalue weighted by molar-refractivity contribution is 0.304. The zero-order valence-corrected chi connectivity index (χ0v) is 9.38. The zero-order valence-electron chi connectivity index (χ0n) is 9.38. The Morgan fingerprint density at radius 2 is 2.38 bits per heavy atom. The second-order valence-electron chi connectivity index (χ2n) is 3.50. The molecule has 0 radical (unpaired) electrons. The summed E-state index contributed by atoms with van der Waals surface area (Å²) >= 11 is 0. The van der Waals surface area contributed by atoms with Crippen molar-refractivity contribution in [3.05, 3.63) is 18.6 Å². The van der Waals surface area contributed by atoms with E-state index in [4.69, 9.17) is 5.11 Å². The highest BCUT2D eigenvalue weighted by Gasteiger charge is 2.10. The number of likely N-dealkylation sites (N-methyl/N-ethyl adjacent to an activating group) is 1. The summed E-state index contributed by atoms with van der Waals surface area (Å²) in [6.45, 7) is 0.623. The fourth-order valence-corrected chi connectivity index (χ4v) is 1.55. The lowest BCUT2D eigenvalue weighted by atomic mass is 10.5. The van der Waals surface area contributed by atoms with Gasteiger partial charge in [0.25, 0.3) is 0 Å². The predicted octanol–water partition coefficient (Wildman–Crippen LogP) is 0.199. The smallest absolute Gasteiger partial charge is 0.180 e. The summed E-state index contributed by atoms with van der Waals surface area (Å²) < 4.78 is 1.90. The average molecular weight is 221 g/mol. The van der Waals surface area contributed by atoms with E-state index in [2.05, 4.69) is 15.3 Å². The van der Waals surface area contributed by atoms with Gasteiger partial charge >= 0.3 is 0 Å². The van der Waals surface area contributed by atoms with E-state index in [9.17, 15) is 0 Å². The number of hydrogen-bond acceptors (Lipinski definition) is 5. The van der Waals surface area contributed by atoms with Crippen LogP contribution in [-0.4, -0.2) is 46.7 Å². The third-order valence-corrected chi connectivity index (χ3v) is 2.41. The molecule has 6 nitrogen and oxygen atoms in total. The highest BCUT2D eigenvalue weighted by Crippen LogP contribution is 2.18. The van der Waals surface area contributed by atoms with Crippen molar-refractivity contribution < 1.29 is 5.11 Å². The summed E-state index contributed by atoms with van der Waals surface area (Å²) in [5, 5.41) is 11.9. The Morgan fingerprint density at radius 3 is 3.06 bits per heavy atom. The van der Waals surface area contributed by atoms with E-state index in [1.807, 2.05) is 35.8 Å². The largest absolute Gasteiger partial charge is 0.395 e. The van der Waals surface area contributed by atoms with Crippen LogP contribution < -0.4 is 10.2 Å². The monoisotopic (exact) mass is 221 g/mol. The summed E-state index contributed by atoms with van der Waals surface area (Å²) in [6.07, 6.45) is 5.47. The van der Waals surface area contributed by atoms with Crippen LogP contribution >= 0.6 is 0 Å². The zero-order chi connectivity index (χ0) is 11.5. The van der Waals surface area contributed by atoms with Gasteiger partial charge in [0.1, 0.15) is 5.82 Å². The van der Waals surface area contributed by atoms with Crippen LogP contribution in [0.5, 0.6) is 0 Å². The molecule has 0 saturated carbocycles. The maximum atomic E-state index is 8.93. The number of aromatic nitrogens is 3. The molecule has 2 rings (SSSR count). The molecule has 6 heteroatoms. The van der Waals surface area contributed by atoms with Gasteiger partial charge in [-0.05, 0) is 0 Å². The van der Waals surface area contributed by atoms with Crippen molar-refractivity contribution in [2.24, 2.45) is 0 Å². The average Bonchev–Trinajstić information content (AvgIpc) is 2.75. The Bertz CT molecular complexity index is 481. The SMILES string of the molecule is CNc1cn2ccnc2c(N(C)CCO)n1. The van der Waals surface area contributed by atoms with Gasteiger partial charge in [-0.1, -0.05) is 0 Å². The van der Waals surface area contributed by atoms with E-state index in [1.165, 1.54) is 0 Å². The molecule has 2 aromatic heterocycles. The lowest BCUT2D eigenvalue weighted by Gasteiger charge is -2.18. The molecule has 0 aliphatic carbocycles. The van der Waals surface area contributed by atoms with Crippen molar-refractivity contribution in [3.63, 3.8) is 0 Å². The first-order valence-electron chi connectivity index (χ1n) is 5.09. The van der Waals surface area contributed by atoms with Crippen molar-refractivity contribution >= 4 is 17.3 Å². The highest BCUT2D eigenvalue weighted by molar-refractivity contribution is 5.66. The second-order valence-corrected chi connectivity index (χ2v) is 3.50. The van der Waals surface area contributed by atoms with E-state index in [0.29, 0.717) is 6.54 Å². The fourth-order valence-electron chi connectivity index (χ4n) is 1.55. The normalized spacial score (nSPS) is 10.7. The predicted molar refractivity (Wildman–Crippen MR) is 62.9 cm³/mol. The minimum atomic E-state index is 0.0921. The summed E-state index contributed by atoms with van der Waals surface area (Å²) in [6, 6.07) is 0. The van der Waals surface area contributed by atoms with Gasteiger partial charge in [-0.25, -0.2) is 9.97 Å². The van der Waals surface area contributed by atoms with Crippen molar-refractivity contribution in [3.8, 4) is 0 Å². The van der Waals surface area contributed by atoms with Crippen LogP contribution in [0.4, 0.5) is 11.6 Å². The summed E-state index contributed by atoms with van der Waals surface area (Å²) in [5.41, 5.74) is 0.787. The first-order valence-corrected chi connectivity index (χ1v) is 5.09. The molecule has 2 N–H and O–H groups in total. The van der Waals surface area contributed by atoms with E-state index in [0.717, 1.165) is 17.3 Å². The first kappa shape index (κ1) is 10.7. The molecule has 0 spiro atoms. The van der Waals surface area contributed by atoms with E-state index < -0.39 is 0 Å². The Labute approximate surface area is 93.6 Å². The van der Waals surface area contributed by atoms with Gasteiger partial charge in [0.05, 0.1) is 12.8 Å². The molecular weight excluding hydrogens is 206 g/mol. The topological polar surface area (TPSA) is 65.7 Å². The van der Waals surface area contributed by atoms with Gasteiger partial charge in [0.2, 0.25) is 0 Å². The molecule has 0 fully saturated rings. The fraction of sp³-hybridized carbons (Fsp3) is 0.400. The number of hydrogen-bond donors (Lipinski definition) is 2. The Hall–Kier alpha value is -1.82. The number of aliphatic hydroxyl groups excluding tert-OH is 1. The number of imidazole rings is 1. The number of anilines is 2. The van der Waals surface area contributed by atoms with E-state index >= 15 is 0 Å². The molecule has 0 aliphatic heterocycles. The quantitative estimate of drug-likeness (QED) is 0.772. The van der Waals surface area contributed by atoms with Crippen LogP contribution in [0, 0.1) is 0 Å². The Balaban J connectivity index is 2.51. The molecule has 0 amide bonds. The molecule has 0 saturated heterocycles. The molecule has 2 heterocycles. The van der Waals surface area contributed by atoms with Crippen LogP contribution in [-0.2, 0) is 0 Å². The maximum absolute atomic E-state index is 8.93. The van der Waals surface area contributed by atoms with E-state index in [1.54, 1.807) is 6.20 Å². The van der Waals surface area contributed by atoms with Gasteiger partial charge in [0.15, 0.2) is 11.5 Å². The van der Waals surface area contributed by atoms with Gasteiger partial charge < -0.3 is 19.7 Å². The van der Waals surface area contributed by atoms with E-state index in [-0.39, 0.29) is 6.61 Å². The van der Waals surface area contributed by atoms with Crippen molar-refractivity contribution in [2.45, 2.75) is 0 Å². The van der Waals surface area contributed by atoms with Crippen molar-refractivity contribution in [1.82, 2.24) is 14.4 Å². The molecule has 0 atom stereocenters. The molecule has 0 bridgehead atoms. The molecule has 2 aromatic rings. The third kappa shape index (κ3) is 1.79. The Kier molecular flexibility index (Phi) is 2.91. The van der Waals surface area contributed by atoms with Crippen LogP contribution in [0.2, 0.25) is 0 Å². The Morgan fingerprint density at radius 1 is 1.56 bits per heavy atom. The van der Waals surface area contributed by atoms with Crippen LogP contribution in [0.3, 0.4) is 0 Å². The summed E-state index contributed by atoms with van der Waals surface area (Å²) in [5.74, 6) is 1.52. The molecule has 0 unspecified atom stereocenters. The molecular formula is C10H15N5O. The number of fused-ring (bicyclic) bond motifs is 1. The lowest BCUT2D eigenvalue weighted by Crippen LogP contribution is -2.23. The van der Waals surface area contributed by atoms with Gasteiger partial charge in [-0.3, -0.25) is 0 Å².